The monoisotopic (exact) mass is 398 g/mol. The Bertz CT molecular complexity index is 893. The van der Waals surface area contributed by atoms with E-state index in [9.17, 15) is 0 Å². The van der Waals surface area contributed by atoms with Crippen molar-refractivity contribution in [1.29, 1.82) is 0 Å². The number of hydrogen-bond donors (Lipinski definition) is 0. The van der Waals surface area contributed by atoms with Gasteiger partial charge in [-0.05, 0) is 42.4 Å². The van der Waals surface area contributed by atoms with E-state index >= 15 is 0 Å². The third-order valence-electron chi connectivity index (χ3n) is 4.17. The van der Waals surface area contributed by atoms with Crippen LogP contribution in [-0.2, 0) is 11.5 Å². The smallest absolute Gasteiger partial charge is 0.213 e. The van der Waals surface area contributed by atoms with E-state index in [1.807, 2.05) is 35.0 Å². The first-order valence-corrected chi connectivity index (χ1v) is 12.9. The highest BCUT2D eigenvalue weighted by atomic mass is 28.3. The lowest BCUT2D eigenvalue weighted by molar-refractivity contribution is 0.0798. The predicted octanol–water partition coefficient (Wildman–Crippen LogP) is 5.06. The summed E-state index contributed by atoms with van der Waals surface area (Å²) in [5.41, 5.74) is 2.05. The summed E-state index contributed by atoms with van der Waals surface area (Å²) in [4.78, 5) is 4.09. The summed E-state index contributed by atoms with van der Waals surface area (Å²) in [5, 5.41) is 4.38. The maximum atomic E-state index is 7.03. The molecule has 1 aromatic carbocycles. The standard InChI is InChI=1S/C21H27N3O3Si/c1-25-21-10-9-19(15-22-21)27-18-7-5-17(6-8-18)20-11-12-23-24(20)16-26-13-14-28(2,3)4/h5-12,15H,13-14,16H2,1-4H3/i1D. The zero-order chi connectivity index (χ0) is 20.7. The van der Waals surface area contributed by atoms with Crippen LogP contribution in [0.2, 0.25) is 25.7 Å². The van der Waals surface area contributed by atoms with Gasteiger partial charge in [0.2, 0.25) is 5.88 Å². The summed E-state index contributed by atoms with van der Waals surface area (Å²) in [6.07, 6.45) is 3.36. The number of rotatable bonds is 9. The molecule has 0 saturated heterocycles. The van der Waals surface area contributed by atoms with Crippen LogP contribution in [0.4, 0.5) is 0 Å². The highest BCUT2D eigenvalue weighted by molar-refractivity contribution is 6.76. The largest absolute Gasteiger partial charge is 0.481 e. The fraction of sp³-hybridized carbons (Fsp3) is 0.333. The number of nitrogens with zero attached hydrogens (tertiary/aromatic N) is 3. The maximum absolute atomic E-state index is 7.03. The van der Waals surface area contributed by atoms with E-state index in [0.717, 1.165) is 23.9 Å². The van der Waals surface area contributed by atoms with Crippen LogP contribution in [0, 0.1) is 0 Å². The van der Waals surface area contributed by atoms with E-state index < -0.39 is 8.07 Å². The molecular formula is C21H27N3O3Si. The lowest BCUT2D eigenvalue weighted by atomic mass is 10.1. The van der Waals surface area contributed by atoms with Crippen molar-refractivity contribution in [2.45, 2.75) is 32.4 Å². The van der Waals surface area contributed by atoms with Crippen LogP contribution in [0.5, 0.6) is 17.4 Å². The lowest BCUT2D eigenvalue weighted by Gasteiger charge is -2.16. The van der Waals surface area contributed by atoms with Crippen LogP contribution < -0.4 is 9.47 Å². The Morgan fingerprint density at radius 3 is 2.50 bits per heavy atom. The topological polar surface area (TPSA) is 58.4 Å². The van der Waals surface area contributed by atoms with Gasteiger partial charge >= 0.3 is 0 Å². The zero-order valence-electron chi connectivity index (χ0n) is 17.6. The Balaban J connectivity index is 1.59. The normalized spacial score (nSPS) is 11.9. The molecule has 0 fully saturated rings. The molecule has 0 unspecified atom stereocenters. The molecule has 0 spiro atoms. The molecule has 7 heteroatoms. The fourth-order valence-corrected chi connectivity index (χ4v) is 3.31. The van der Waals surface area contributed by atoms with Crippen LogP contribution in [-0.4, -0.2) is 36.5 Å². The minimum absolute atomic E-state index is 0.158. The molecular weight excluding hydrogens is 370 g/mol. The molecule has 28 heavy (non-hydrogen) atoms. The molecule has 3 rings (SSSR count). The molecule has 0 bridgehead atoms. The second kappa shape index (κ2) is 9.03. The van der Waals surface area contributed by atoms with Crippen molar-refractivity contribution in [3.05, 3.63) is 54.9 Å². The zero-order valence-corrected chi connectivity index (χ0v) is 17.6. The molecule has 148 valence electrons. The van der Waals surface area contributed by atoms with Crippen molar-refractivity contribution in [1.82, 2.24) is 14.8 Å². The summed E-state index contributed by atoms with van der Waals surface area (Å²) in [6, 6.07) is 14.4. The second-order valence-electron chi connectivity index (χ2n) is 7.67. The molecule has 0 aliphatic carbocycles. The first-order chi connectivity index (χ1) is 13.9. The minimum atomic E-state index is -1.09. The summed E-state index contributed by atoms with van der Waals surface area (Å²) < 4.78 is 25.6. The molecule has 0 amide bonds. The van der Waals surface area contributed by atoms with Gasteiger partial charge in [0, 0.05) is 32.5 Å². The maximum Gasteiger partial charge on any atom is 0.213 e. The van der Waals surface area contributed by atoms with Gasteiger partial charge in [0.15, 0.2) is 0 Å². The van der Waals surface area contributed by atoms with Gasteiger partial charge in [0.25, 0.3) is 0 Å². The van der Waals surface area contributed by atoms with Crippen LogP contribution >= 0.6 is 0 Å². The predicted molar refractivity (Wildman–Crippen MR) is 113 cm³/mol. The van der Waals surface area contributed by atoms with Gasteiger partial charge in [-0.1, -0.05) is 19.6 Å². The molecule has 2 heterocycles. The molecule has 3 aromatic rings. The molecule has 0 radical (unpaired) electrons. The lowest BCUT2D eigenvalue weighted by Crippen LogP contribution is -2.22. The van der Waals surface area contributed by atoms with Crippen LogP contribution in [0.3, 0.4) is 0 Å². The second-order valence-corrected chi connectivity index (χ2v) is 13.3. The van der Waals surface area contributed by atoms with Gasteiger partial charge in [0.1, 0.15) is 18.2 Å². The summed E-state index contributed by atoms with van der Waals surface area (Å²) in [7, 11) is -1.25. The van der Waals surface area contributed by atoms with Gasteiger partial charge in [0.05, 0.1) is 20.3 Å². The molecule has 0 aliphatic rings. The average Bonchev–Trinajstić information content (AvgIpc) is 3.15. The number of methoxy groups -OCH3 is 1. The van der Waals surface area contributed by atoms with Gasteiger partial charge in [-0.15, -0.1) is 0 Å². The van der Waals surface area contributed by atoms with E-state index in [0.29, 0.717) is 24.1 Å². The van der Waals surface area contributed by atoms with Gasteiger partial charge in [-0.25, -0.2) is 9.67 Å². The van der Waals surface area contributed by atoms with E-state index in [1.165, 1.54) is 0 Å². The molecule has 0 N–H and O–H groups in total. The number of aromatic nitrogens is 3. The molecule has 0 atom stereocenters. The molecule has 0 saturated carbocycles. The molecule has 0 aliphatic heterocycles. The van der Waals surface area contributed by atoms with Crippen molar-refractivity contribution in [2.24, 2.45) is 0 Å². The molecule has 2 aromatic heterocycles. The number of ether oxygens (including phenoxy) is 3. The Hall–Kier alpha value is -2.64. The van der Waals surface area contributed by atoms with Gasteiger partial charge < -0.3 is 14.2 Å². The third-order valence-corrected chi connectivity index (χ3v) is 5.87. The van der Waals surface area contributed by atoms with Crippen molar-refractivity contribution < 1.29 is 15.6 Å². The third kappa shape index (κ3) is 5.67. The Morgan fingerprint density at radius 2 is 1.82 bits per heavy atom. The van der Waals surface area contributed by atoms with Gasteiger partial charge in [-0.2, -0.15) is 5.10 Å². The van der Waals surface area contributed by atoms with E-state index in [4.69, 9.17) is 15.6 Å². The van der Waals surface area contributed by atoms with Crippen molar-refractivity contribution in [3.8, 4) is 28.6 Å². The highest BCUT2D eigenvalue weighted by Gasteiger charge is 2.12. The quantitative estimate of drug-likeness (QED) is 0.372. The first kappa shape index (κ1) is 18.7. The highest BCUT2D eigenvalue weighted by Crippen LogP contribution is 2.26. The van der Waals surface area contributed by atoms with Crippen molar-refractivity contribution >= 4 is 8.07 Å². The van der Waals surface area contributed by atoms with Crippen LogP contribution in [0.1, 0.15) is 1.37 Å². The number of pyridine rings is 1. The summed E-state index contributed by atoms with van der Waals surface area (Å²) >= 11 is 0. The van der Waals surface area contributed by atoms with Crippen molar-refractivity contribution in [2.75, 3.05) is 13.7 Å². The minimum Gasteiger partial charge on any atom is -0.481 e. The van der Waals surface area contributed by atoms with Crippen LogP contribution in [0.25, 0.3) is 11.3 Å². The fourth-order valence-electron chi connectivity index (χ4n) is 2.55. The van der Waals surface area contributed by atoms with Crippen molar-refractivity contribution in [3.63, 3.8) is 0 Å². The van der Waals surface area contributed by atoms with E-state index in [-0.39, 0.29) is 7.09 Å². The molecule has 6 nitrogen and oxygen atoms in total. The number of benzene rings is 1. The number of hydrogen-bond acceptors (Lipinski definition) is 5. The summed E-state index contributed by atoms with van der Waals surface area (Å²) in [6.45, 7) is 8.24. The Morgan fingerprint density at radius 1 is 1.04 bits per heavy atom. The van der Waals surface area contributed by atoms with E-state index in [2.05, 4.69) is 29.7 Å². The average molecular weight is 399 g/mol. The SMILES string of the molecule is [2H]COc1ccc(Oc2ccc(-c3ccnn3COCC[Si](C)(C)C)cc2)cn1. The Kier molecular flexibility index (Phi) is 6.03. The van der Waals surface area contributed by atoms with Gasteiger partial charge in [-0.3, -0.25) is 0 Å². The van der Waals surface area contributed by atoms with Crippen LogP contribution in [0.15, 0.2) is 54.9 Å². The summed E-state index contributed by atoms with van der Waals surface area (Å²) in [5.74, 6) is 1.72. The Labute approximate surface area is 168 Å². The first-order valence-electron chi connectivity index (χ1n) is 9.91. The van der Waals surface area contributed by atoms with E-state index in [1.54, 1.807) is 24.5 Å².